The fourth-order valence-corrected chi connectivity index (χ4v) is 4.23. The Hall–Kier alpha value is -4.09. The monoisotopic (exact) mass is 500 g/mol. The van der Waals surface area contributed by atoms with Crippen molar-refractivity contribution in [2.24, 2.45) is 18.9 Å². The van der Waals surface area contributed by atoms with E-state index in [9.17, 15) is 24.0 Å². The molecule has 2 aliphatic heterocycles. The minimum absolute atomic E-state index is 0.0281. The molecule has 1 amide bonds. The Labute approximate surface area is 206 Å². The largest absolute Gasteiger partial charge is 0.486 e. The Morgan fingerprint density at radius 3 is 2.53 bits per heavy atom. The van der Waals surface area contributed by atoms with Crippen molar-refractivity contribution < 1.29 is 28.6 Å². The maximum absolute atomic E-state index is 12.8. The van der Waals surface area contributed by atoms with Gasteiger partial charge in [0.15, 0.2) is 18.1 Å². The highest BCUT2D eigenvalue weighted by Crippen LogP contribution is 2.36. The van der Waals surface area contributed by atoms with E-state index in [1.165, 1.54) is 11.9 Å². The molecular formula is C24H28N4O8. The molecule has 1 fully saturated rings. The van der Waals surface area contributed by atoms with E-state index >= 15 is 0 Å². The lowest BCUT2D eigenvalue weighted by Crippen LogP contribution is -2.43. The van der Waals surface area contributed by atoms with Crippen LogP contribution in [0, 0.1) is 11.8 Å². The standard InChI is InChI=1S/C24H28N4O8/c1-13(2)10-28-21(25)20(22(31)26(3)24(28)33)16(29)12-36-23(32)14-8-19(30)27(11-14)15-4-5-17-18(9-15)35-7-6-34-17/h4-5,9,13-14H,6-8,10-12,25H2,1-3H3/t14-/m1/s1. The summed E-state index contributed by atoms with van der Waals surface area (Å²) >= 11 is 0. The van der Waals surface area contributed by atoms with Crippen LogP contribution in [0.25, 0.3) is 0 Å². The lowest BCUT2D eigenvalue weighted by Gasteiger charge is -2.22. The summed E-state index contributed by atoms with van der Waals surface area (Å²) < 4.78 is 18.2. The van der Waals surface area contributed by atoms with E-state index in [1.807, 2.05) is 13.8 Å². The highest BCUT2D eigenvalue weighted by Gasteiger charge is 2.37. The van der Waals surface area contributed by atoms with Gasteiger partial charge in [0.2, 0.25) is 11.7 Å². The second kappa shape index (κ2) is 9.88. The van der Waals surface area contributed by atoms with Gasteiger partial charge in [-0.25, -0.2) is 4.79 Å². The second-order valence-corrected chi connectivity index (χ2v) is 9.18. The SMILES string of the molecule is CC(C)Cn1c(N)c(C(=O)COC(=O)[C@@H]2CC(=O)N(c3ccc4c(c3)OCCO4)C2)c(=O)n(C)c1=O. The third kappa shape index (κ3) is 4.70. The number of esters is 1. The quantitative estimate of drug-likeness (QED) is 0.419. The summed E-state index contributed by atoms with van der Waals surface area (Å²) in [5, 5.41) is 0. The molecule has 2 N–H and O–H groups in total. The Balaban J connectivity index is 1.45. The van der Waals surface area contributed by atoms with E-state index in [2.05, 4.69) is 0 Å². The third-order valence-corrected chi connectivity index (χ3v) is 6.05. The molecule has 4 rings (SSSR count). The summed E-state index contributed by atoms with van der Waals surface area (Å²) in [6, 6.07) is 5.08. The highest BCUT2D eigenvalue weighted by atomic mass is 16.6. The summed E-state index contributed by atoms with van der Waals surface area (Å²) in [6.45, 7) is 4.09. The zero-order valence-electron chi connectivity index (χ0n) is 20.3. The molecule has 3 heterocycles. The first kappa shape index (κ1) is 25.0. The number of nitrogen functional groups attached to an aromatic ring is 1. The maximum Gasteiger partial charge on any atom is 0.332 e. The average Bonchev–Trinajstić information content (AvgIpc) is 3.25. The van der Waals surface area contributed by atoms with Crippen molar-refractivity contribution in [2.45, 2.75) is 26.8 Å². The van der Waals surface area contributed by atoms with Crippen LogP contribution in [0.4, 0.5) is 11.5 Å². The third-order valence-electron chi connectivity index (χ3n) is 6.05. The molecule has 12 nitrogen and oxygen atoms in total. The van der Waals surface area contributed by atoms with E-state index in [1.54, 1.807) is 18.2 Å². The average molecular weight is 501 g/mol. The van der Waals surface area contributed by atoms with Crippen LogP contribution in [0.1, 0.15) is 30.6 Å². The molecule has 0 spiro atoms. The van der Waals surface area contributed by atoms with Crippen molar-refractivity contribution in [3.8, 4) is 11.5 Å². The van der Waals surface area contributed by atoms with E-state index in [-0.39, 0.29) is 37.2 Å². The number of nitrogens with two attached hydrogens (primary N) is 1. The number of nitrogens with zero attached hydrogens (tertiary/aromatic N) is 3. The Morgan fingerprint density at radius 2 is 1.83 bits per heavy atom. The molecule has 0 saturated carbocycles. The number of ether oxygens (including phenoxy) is 3. The number of carbonyl (C=O) groups excluding carboxylic acids is 3. The van der Waals surface area contributed by atoms with Gasteiger partial charge in [-0.1, -0.05) is 13.8 Å². The van der Waals surface area contributed by atoms with Crippen LogP contribution in [0.3, 0.4) is 0 Å². The smallest absolute Gasteiger partial charge is 0.332 e. The van der Waals surface area contributed by atoms with Crippen molar-refractivity contribution in [1.29, 1.82) is 0 Å². The predicted molar refractivity (Wildman–Crippen MR) is 128 cm³/mol. The number of hydrogen-bond donors (Lipinski definition) is 1. The van der Waals surface area contributed by atoms with Gasteiger partial charge in [0.25, 0.3) is 5.56 Å². The topological polar surface area (TPSA) is 152 Å². The van der Waals surface area contributed by atoms with Gasteiger partial charge >= 0.3 is 11.7 Å². The minimum Gasteiger partial charge on any atom is -0.486 e. The van der Waals surface area contributed by atoms with Gasteiger partial charge < -0.3 is 24.8 Å². The van der Waals surface area contributed by atoms with Crippen molar-refractivity contribution in [3.05, 3.63) is 44.6 Å². The highest BCUT2D eigenvalue weighted by molar-refractivity contribution is 6.02. The first-order chi connectivity index (χ1) is 17.1. The lowest BCUT2D eigenvalue weighted by atomic mass is 10.1. The van der Waals surface area contributed by atoms with Crippen LogP contribution in [0.5, 0.6) is 11.5 Å². The van der Waals surface area contributed by atoms with E-state index < -0.39 is 41.1 Å². The van der Waals surface area contributed by atoms with E-state index in [4.69, 9.17) is 19.9 Å². The molecule has 0 bridgehead atoms. The molecule has 0 unspecified atom stereocenters. The summed E-state index contributed by atoms with van der Waals surface area (Å²) in [6.07, 6.45) is -0.0926. The normalized spacial score (nSPS) is 16.9. The first-order valence-electron chi connectivity index (χ1n) is 11.6. The first-order valence-corrected chi connectivity index (χ1v) is 11.6. The number of carbonyl (C=O) groups is 3. The van der Waals surface area contributed by atoms with Gasteiger partial charge in [-0.05, 0) is 18.1 Å². The fourth-order valence-electron chi connectivity index (χ4n) is 4.23. The Kier molecular flexibility index (Phi) is 6.86. The molecule has 0 aliphatic carbocycles. The van der Waals surface area contributed by atoms with Crippen LogP contribution in [-0.2, 0) is 27.9 Å². The van der Waals surface area contributed by atoms with Gasteiger partial charge in [0.1, 0.15) is 24.6 Å². The van der Waals surface area contributed by atoms with Gasteiger partial charge in [-0.3, -0.25) is 28.3 Å². The predicted octanol–water partition coefficient (Wildman–Crippen LogP) is 0.335. The van der Waals surface area contributed by atoms with Crippen molar-refractivity contribution in [3.63, 3.8) is 0 Å². The van der Waals surface area contributed by atoms with Crippen molar-refractivity contribution >= 4 is 29.2 Å². The van der Waals surface area contributed by atoms with Gasteiger partial charge in [-0.2, -0.15) is 0 Å². The Bertz CT molecular complexity index is 1340. The number of anilines is 2. The number of aromatic nitrogens is 2. The number of fused-ring (bicyclic) bond motifs is 1. The molecule has 1 aromatic carbocycles. The van der Waals surface area contributed by atoms with Gasteiger partial charge in [0.05, 0.1) is 5.92 Å². The van der Waals surface area contributed by atoms with Crippen molar-refractivity contribution in [2.75, 3.05) is 37.0 Å². The molecule has 192 valence electrons. The summed E-state index contributed by atoms with van der Waals surface area (Å²) in [7, 11) is 1.25. The second-order valence-electron chi connectivity index (χ2n) is 9.18. The number of Topliss-reactive ketones (excluding diaryl/α,β-unsaturated/α-hetero) is 1. The number of benzene rings is 1. The fraction of sp³-hybridized carbons (Fsp3) is 0.458. The molecule has 1 saturated heterocycles. The van der Waals surface area contributed by atoms with E-state index in [0.717, 1.165) is 9.13 Å². The number of rotatable bonds is 7. The molecule has 36 heavy (non-hydrogen) atoms. The molecule has 2 aromatic rings. The summed E-state index contributed by atoms with van der Waals surface area (Å²) in [5.74, 6) is -1.79. The number of ketones is 1. The molecule has 1 aromatic heterocycles. The van der Waals surface area contributed by atoms with Crippen LogP contribution in [-0.4, -0.2) is 53.2 Å². The molecule has 2 aliphatic rings. The van der Waals surface area contributed by atoms with E-state index in [0.29, 0.717) is 30.4 Å². The molecule has 1 atom stereocenters. The van der Waals surface area contributed by atoms with Crippen LogP contribution in [0.2, 0.25) is 0 Å². The molecule has 12 heteroatoms. The minimum atomic E-state index is -0.862. The lowest BCUT2D eigenvalue weighted by molar-refractivity contribution is -0.147. The van der Waals surface area contributed by atoms with Crippen molar-refractivity contribution in [1.82, 2.24) is 9.13 Å². The van der Waals surface area contributed by atoms with Crippen LogP contribution < -0.4 is 31.4 Å². The Morgan fingerprint density at radius 1 is 1.14 bits per heavy atom. The summed E-state index contributed by atoms with van der Waals surface area (Å²) in [4.78, 5) is 64.5. The zero-order valence-corrected chi connectivity index (χ0v) is 20.3. The molecule has 0 radical (unpaired) electrons. The summed E-state index contributed by atoms with van der Waals surface area (Å²) in [5.41, 5.74) is 4.65. The van der Waals surface area contributed by atoms with Gasteiger partial charge in [-0.15, -0.1) is 0 Å². The van der Waals surface area contributed by atoms with Crippen LogP contribution in [0.15, 0.2) is 27.8 Å². The number of hydrogen-bond acceptors (Lipinski definition) is 9. The maximum atomic E-state index is 12.8. The zero-order chi connectivity index (χ0) is 26.1. The van der Waals surface area contributed by atoms with Gasteiger partial charge in [0, 0.05) is 38.3 Å². The number of amides is 1. The van der Waals surface area contributed by atoms with Crippen LogP contribution >= 0.6 is 0 Å². The molecular weight excluding hydrogens is 472 g/mol.